The molecule has 1 aliphatic rings. The highest BCUT2D eigenvalue weighted by atomic mass is 32.1. The Balaban J connectivity index is 0.000000686. The maximum absolute atomic E-state index is 4.17. The number of hydrogen-bond donors (Lipinski definition) is 2. The maximum Gasteiger partial charge on any atom is 0.0546 e. The number of hydrogen-bond acceptors (Lipinski definition) is 2. The molecule has 17 heavy (non-hydrogen) atoms. The number of allylic oxidation sites excluding steroid dienone is 2. The van der Waals surface area contributed by atoms with Crippen LogP contribution in [0, 0.1) is 6.92 Å². The van der Waals surface area contributed by atoms with E-state index in [9.17, 15) is 0 Å². The molecule has 2 rings (SSSR count). The zero-order chi connectivity index (χ0) is 12.8. The highest BCUT2D eigenvalue weighted by Gasteiger charge is 2.16. The predicted octanol–water partition coefficient (Wildman–Crippen LogP) is 4.30. The molecule has 0 aliphatic heterocycles. The van der Waals surface area contributed by atoms with Crippen molar-refractivity contribution in [2.75, 3.05) is 0 Å². The Morgan fingerprint density at radius 2 is 2.00 bits per heavy atom. The molecule has 1 aromatic carbocycles. The molecule has 0 radical (unpaired) electrons. The van der Waals surface area contributed by atoms with Gasteiger partial charge in [0.2, 0.25) is 0 Å². The van der Waals surface area contributed by atoms with Crippen LogP contribution >= 0.6 is 12.8 Å². The summed E-state index contributed by atoms with van der Waals surface area (Å²) in [7, 11) is 0. The van der Waals surface area contributed by atoms with Crippen LogP contribution in [-0.4, -0.2) is 0 Å². The molecule has 0 saturated carbocycles. The van der Waals surface area contributed by atoms with Crippen molar-refractivity contribution in [3.63, 3.8) is 0 Å². The summed E-state index contributed by atoms with van der Waals surface area (Å²) < 4.78 is 2.98. The number of benzene rings is 1. The van der Waals surface area contributed by atoms with E-state index in [2.05, 4.69) is 49.2 Å². The van der Waals surface area contributed by atoms with Gasteiger partial charge in [-0.25, -0.2) is 0 Å². The Morgan fingerprint density at radius 3 is 2.59 bits per heavy atom. The Morgan fingerprint density at radius 1 is 1.29 bits per heavy atom. The number of rotatable bonds is 2. The molecule has 92 valence electrons. The highest BCUT2D eigenvalue weighted by Crippen LogP contribution is 2.30. The minimum atomic E-state index is 1.04. The minimum absolute atomic E-state index is 1.04. The highest BCUT2D eigenvalue weighted by molar-refractivity contribution is 7.78. The number of fused-ring (bicyclic) bond motifs is 1. The average Bonchev–Trinajstić information content (AvgIpc) is 2.39. The van der Waals surface area contributed by atoms with Crippen molar-refractivity contribution >= 4 is 18.5 Å². The minimum Gasteiger partial charge on any atom is -0.332 e. The lowest BCUT2D eigenvalue weighted by molar-refractivity contribution is 0.930. The van der Waals surface area contributed by atoms with Crippen molar-refractivity contribution in [1.82, 2.24) is 4.72 Å². The zero-order valence-corrected chi connectivity index (χ0v) is 11.8. The summed E-state index contributed by atoms with van der Waals surface area (Å²) in [4.78, 5) is 0. The normalized spacial score (nSPS) is 13.4. The lowest BCUT2D eigenvalue weighted by atomic mass is 9.88. The number of thiol groups is 1. The van der Waals surface area contributed by atoms with Crippen LogP contribution in [0.25, 0.3) is 5.70 Å². The number of aryl methyl sites for hydroxylation is 2. The van der Waals surface area contributed by atoms with Gasteiger partial charge in [-0.15, -0.1) is 0 Å². The molecule has 1 aromatic rings. The van der Waals surface area contributed by atoms with E-state index >= 15 is 0 Å². The van der Waals surface area contributed by atoms with Gasteiger partial charge in [0.05, 0.1) is 5.70 Å². The first-order valence-corrected chi connectivity index (χ1v) is 6.56. The molecular formula is C15H21NS. The van der Waals surface area contributed by atoms with E-state index in [0.29, 0.717) is 0 Å². The average molecular weight is 247 g/mol. The lowest BCUT2D eigenvalue weighted by Crippen LogP contribution is -2.11. The monoisotopic (exact) mass is 247 g/mol. The molecule has 1 nitrogen and oxygen atoms in total. The van der Waals surface area contributed by atoms with Gasteiger partial charge < -0.3 is 4.72 Å². The van der Waals surface area contributed by atoms with Crippen LogP contribution in [0.3, 0.4) is 0 Å². The molecule has 0 bridgehead atoms. The smallest absolute Gasteiger partial charge is 0.0546 e. The van der Waals surface area contributed by atoms with E-state index in [-0.39, 0.29) is 0 Å². The van der Waals surface area contributed by atoms with Crippen LogP contribution in [0.1, 0.15) is 37.0 Å². The van der Waals surface area contributed by atoms with Gasteiger partial charge in [0.15, 0.2) is 0 Å². The van der Waals surface area contributed by atoms with Crippen molar-refractivity contribution in [2.24, 2.45) is 0 Å². The first-order chi connectivity index (χ1) is 8.26. The fourth-order valence-corrected chi connectivity index (χ4v) is 2.34. The Labute approximate surface area is 110 Å². The van der Waals surface area contributed by atoms with Crippen molar-refractivity contribution in [2.45, 2.75) is 33.6 Å². The Bertz CT molecular complexity index is 433. The van der Waals surface area contributed by atoms with E-state index in [0.717, 1.165) is 18.5 Å². The second-order valence-corrected chi connectivity index (χ2v) is 4.10. The zero-order valence-electron chi connectivity index (χ0n) is 10.9. The molecule has 0 spiro atoms. The summed E-state index contributed by atoms with van der Waals surface area (Å²) in [5, 5.41) is 0. The molecular weight excluding hydrogens is 226 g/mol. The maximum atomic E-state index is 4.17. The molecule has 0 fully saturated rings. The third kappa shape index (κ3) is 2.95. The van der Waals surface area contributed by atoms with E-state index in [1.807, 2.05) is 19.9 Å². The number of nitrogens with one attached hydrogen (secondary N) is 1. The molecule has 0 amide bonds. The van der Waals surface area contributed by atoms with Crippen molar-refractivity contribution in [3.05, 3.63) is 53.1 Å². The van der Waals surface area contributed by atoms with Crippen LogP contribution in [0.5, 0.6) is 0 Å². The molecule has 2 heteroatoms. The van der Waals surface area contributed by atoms with E-state index in [4.69, 9.17) is 0 Å². The predicted molar refractivity (Wildman–Crippen MR) is 80.1 cm³/mol. The SMILES string of the molecule is C=CC1=C(NS)c2ccc(C)cc2CC1.CC. The fraction of sp³-hybridized carbons (Fsp3) is 0.333. The lowest BCUT2D eigenvalue weighted by Gasteiger charge is -2.21. The third-order valence-electron chi connectivity index (χ3n) is 2.87. The van der Waals surface area contributed by atoms with Gasteiger partial charge in [-0.2, -0.15) is 0 Å². The van der Waals surface area contributed by atoms with Crippen LogP contribution < -0.4 is 4.72 Å². The first-order valence-electron chi connectivity index (χ1n) is 6.12. The molecule has 1 N–H and O–H groups in total. The molecule has 0 atom stereocenters. The van der Waals surface area contributed by atoms with Gasteiger partial charge in [0, 0.05) is 5.56 Å². The van der Waals surface area contributed by atoms with Crippen LogP contribution in [0.4, 0.5) is 0 Å². The second-order valence-electron chi connectivity index (χ2n) is 3.88. The second kappa shape index (κ2) is 6.55. The summed E-state index contributed by atoms with van der Waals surface area (Å²) in [6.07, 6.45) is 4.06. The van der Waals surface area contributed by atoms with Crippen molar-refractivity contribution < 1.29 is 0 Å². The topological polar surface area (TPSA) is 12.0 Å². The van der Waals surface area contributed by atoms with Gasteiger partial charge in [-0.1, -0.05) is 63.1 Å². The first kappa shape index (κ1) is 13.9. The van der Waals surface area contributed by atoms with Gasteiger partial charge in [-0.05, 0) is 30.9 Å². The van der Waals surface area contributed by atoms with E-state index < -0.39 is 0 Å². The molecule has 1 aliphatic carbocycles. The van der Waals surface area contributed by atoms with Crippen molar-refractivity contribution in [1.29, 1.82) is 0 Å². The summed E-state index contributed by atoms with van der Waals surface area (Å²) in [6, 6.07) is 6.54. The van der Waals surface area contributed by atoms with Crippen molar-refractivity contribution in [3.8, 4) is 0 Å². The van der Waals surface area contributed by atoms with Gasteiger partial charge in [0.1, 0.15) is 0 Å². The van der Waals surface area contributed by atoms with Crippen LogP contribution in [0.15, 0.2) is 36.4 Å². The van der Waals surface area contributed by atoms with Gasteiger partial charge in [0.25, 0.3) is 0 Å². The standard InChI is InChI=1S/C13H15NS.C2H6/c1-3-10-5-6-11-8-9(2)4-7-12(11)13(10)14-15;1-2/h3-4,7-8,14-15H,1,5-6H2,2H3;1-2H3. The van der Waals surface area contributed by atoms with E-state index in [1.165, 1.54) is 22.3 Å². The summed E-state index contributed by atoms with van der Waals surface area (Å²) in [5.41, 5.74) is 6.33. The van der Waals surface area contributed by atoms with Gasteiger partial charge in [-0.3, -0.25) is 0 Å². The van der Waals surface area contributed by atoms with E-state index in [1.54, 1.807) is 0 Å². The summed E-state index contributed by atoms with van der Waals surface area (Å²) in [5.74, 6) is 0. The van der Waals surface area contributed by atoms with Crippen LogP contribution in [0.2, 0.25) is 0 Å². The summed E-state index contributed by atoms with van der Waals surface area (Å²) >= 11 is 4.17. The Hall–Kier alpha value is -1.15. The molecule has 0 heterocycles. The largest absolute Gasteiger partial charge is 0.332 e. The molecule has 0 unspecified atom stereocenters. The molecule has 0 saturated heterocycles. The van der Waals surface area contributed by atoms with Gasteiger partial charge >= 0.3 is 0 Å². The summed E-state index contributed by atoms with van der Waals surface area (Å²) in [6.45, 7) is 9.97. The Kier molecular flexibility index (Phi) is 5.36. The third-order valence-corrected chi connectivity index (χ3v) is 3.10. The quantitative estimate of drug-likeness (QED) is 0.743. The van der Waals surface area contributed by atoms with Crippen LogP contribution in [-0.2, 0) is 6.42 Å². The fourth-order valence-electron chi connectivity index (χ4n) is 2.08. The molecule has 0 aromatic heterocycles.